The lowest BCUT2D eigenvalue weighted by Crippen LogP contribution is -2.46. The van der Waals surface area contributed by atoms with Gasteiger partial charge in [0.15, 0.2) is 5.11 Å². The van der Waals surface area contributed by atoms with Gasteiger partial charge in [0.05, 0.1) is 12.6 Å². The van der Waals surface area contributed by atoms with E-state index in [9.17, 15) is 4.79 Å². The van der Waals surface area contributed by atoms with Crippen LogP contribution in [-0.2, 0) is 6.54 Å². The van der Waals surface area contributed by atoms with Crippen molar-refractivity contribution in [1.82, 2.24) is 15.2 Å². The summed E-state index contributed by atoms with van der Waals surface area (Å²) in [5.74, 6) is 0. The van der Waals surface area contributed by atoms with Crippen LogP contribution in [0.15, 0.2) is 53.3 Å². The maximum atomic E-state index is 12.9. The minimum absolute atomic E-state index is 0.0299. The first-order valence-electron chi connectivity index (χ1n) is 11.2. The van der Waals surface area contributed by atoms with Crippen molar-refractivity contribution < 1.29 is 0 Å². The molecule has 5 heteroatoms. The van der Waals surface area contributed by atoms with Crippen LogP contribution in [-0.4, -0.2) is 21.0 Å². The summed E-state index contributed by atoms with van der Waals surface area (Å²) < 4.78 is 0. The Morgan fingerprint density at radius 1 is 1.13 bits per heavy atom. The van der Waals surface area contributed by atoms with Gasteiger partial charge in [0.1, 0.15) is 0 Å². The van der Waals surface area contributed by atoms with Crippen molar-refractivity contribution in [2.75, 3.05) is 0 Å². The number of thiocarbonyl (C=S) groups is 1. The normalized spacial score (nSPS) is 15.2. The third-order valence-corrected chi connectivity index (χ3v) is 6.89. The lowest BCUT2D eigenvalue weighted by atomic mass is 10.0. The summed E-state index contributed by atoms with van der Waals surface area (Å²) in [6.45, 7) is 6.83. The molecule has 0 aliphatic heterocycles. The van der Waals surface area contributed by atoms with Crippen LogP contribution in [0.4, 0.5) is 0 Å². The van der Waals surface area contributed by atoms with Crippen LogP contribution < -0.4 is 10.9 Å². The summed E-state index contributed by atoms with van der Waals surface area (Å²) in [6, 6.07) is 17.1. The third-order valence-electron chi connectivity index (χ3n) is 6.54. The zero-order valence-electron chi connectivity index (χ0n) is 18.6. The van der Waals surface area contributed by atoms with Crippen LogP contribution >= 0.6 is 12.2 Å². The highest BCUT2D eigenvalue weighted by molar-refractivity contribution is 7.80. The number of nitrogens with zero attached hydrogens (tertiary/aromatic N) is 1. The SMILES string of the molecule is Cc1cc2cc(CN(C(=S)NC(C)c3ccccc3)C3CCCC3)c(=O)[nH]c2cc1C. The quantitative estimate of drug-likeness (QED) is 0.520. The summed E-state index contributed by atoms with van der Waals surface area (Å²) in [6.07, 6.45) is 4.66. The number of nitrogens with one attached hydrogen (secondary N) is 2. The van der Waals surface area contributed by atoms with Crippen molar-refractivity contribution in [3.63, 3.8) is 0 Å². The second kappa shape index (κ2) is 9.23. The van der Waals surface area contributed by atoms with E-state index in [4.69, 9.17) is 12.2 Å². The number of H-pyrrole nitrogens is 1. The van der Waals surface area contributed by atoms with E-state index in [2.05, 4.69) is 60.2 Å². The first kappa shape index (κ1) is 21.6. The van der Waals surface area contributed by atoms with E-state index in [0.717, 1.165) is 34.4 Å². The van der Waals surface area contributed by atoms with Gasteiger partial charge in [-0.2, -0.15) is 0 Å². The van der Waals surface area contributed by atoms with Crippen molar-refractivity contribution in [3.05, 3.63) is 81.1 Å². The fourth-order valence-corrected chi connectivity index (χ4v) is 4.89. The maximum absolute atomic E-state index is 12.9. The molecule has 2 N–H and O–H groups in total. The van der Waals surface area contributed by atoms with Gasteiger partial charge in [-0.25, -0.2) is 0 Å². The van der Waals surface area contributed by atoms with E-state index >= 15 is 0 Å². The average molecular weight is 434 g/mol. The number of hydrogen-bond donors (Lipinski definition) is 2. The van der Waals surface area contributed by atoms with Crippen molar-refractivity contribution in [1.29, 1.82) is 0 Å². The maximum Gasteiger partial charge on any atom is 0.253 e. The highest BCUT2D eigenvalue weighted by Gasteiger charge is 2.26. The Labute approximate surface area is 189 Å². The van der Waals surface area contributed by atoms with Crippen LogP contribution in [0.25, 0.3) is 10.9 Å². The minimum atomic E-state index is -0.0299. The van der Waals surface area contributed by atoms with E-state index < -0.39 is 0 Å². The van der Waals surface area contributed by atoms with Crippen LogP contribution in [0.1, 0.15) is 60.9 Å². The molecule has 1 aliphatic carbocycles. The van der Waals surface area contributed by atoms with Gasteiger partial charge in [-0.3, -0.25) is 4.79 Å². The lowest BCUT2D eigenvalue weighted by Gasteiger charge is -2.33. The third kappa shape index (κ3) is 4.82. The molecule has 1 saturated carbocycles. The molecule has 1 aromatic heterocycles. The molecular weight excluding hydrogens is 402 g/mol. The van der Waals surface area contributed by atoms with Gasteiger partial charge in [-0.1, -0.05) is 43.2 Å². The van der Waals surface area contributed by atoms with Crippen molar-refractivity contribution in [2.45, 2.75) is 65.1 Å². The van der Waals surface area contributed by atoms with Gasteiger partial charge < -0.3 is 15.2 Å². The fourth-order valence-electron chi connectivity index (χ4n) is 4.50. The smallest absolute Gasteiger partial charge is 0.253 e. The van der Waals surface area contributed by atoms with Crippen molar-refractivity contribution in [3.8, 4) is 0 Å². The molecule has 4 rings (SSSR count). The molecule has 0 radical (unpaired) electrons. The summed E-state index contributed by atoms with van der Waals surface area (Å²) in [5.41, 5.74) is 5.24. The van der Waals surface area contributed by atoms with Gasteiger partial charge in [-0.05, 0) is 86.1 Å². The van der Waals surface area contributed by atoms with E-state index in [1.807, 2.05) is 24.3 Å². The van der Waals surface area contributed by atoms with Gasteiger partial charge in [0, 0.05) is 17.1 Å². The van der Waals surface area contributed by atoms with Crippen molar-refractivity contribution >= 4 is 28.2 Å². The molecule has 4 nitrogen and oxygen atoms in total. The number of pyridine rings is 1. The first-order chi connectivity index (χ1) is 14.9. The van der Waals surface area contributed by atoms with E-state index in [1.165, 1.54) is 29.5 Å². The molecule has 1 unspecified atom stereocenters. The molecular formula is C26H31N3OS. The summed E-state index contributed by atoms with van der Waals surface area (Å²) in [4.78, 5) is 18.2. The van der Waals surface area contributed by atoms with Gasteiger partial charge >= 0.3 is 0 Å². The largest absolute Gasteiger partial charge is 0.356 e. The Hall–Kier alpha value is -2.66. The number of fused-ring (bicyclic) bond motifs is 1. The Morgan fingerprint density at radius 3 is 2.52 bits per heavy atom. The molecule has 1 fully saturated rings. The van der Waals surface area contributed by atoms with Crippen LogP contribution in [0.2, 0.25) is 0 Å². The van der Waals surface area contributed by atoms with Gasteiger partial charge in [0.25, 0.3) is 5.56 Å². The molecule has 0 spiro atoms. The predicted molar refractivity (Wildman–Crippen MR) is 132 cm³/mol. The Balaban J connectivity index is 1.61. The number of hydrogen-bond acceptors (Lipinski definition) is 2. The van der Waals surface area contributed by atoms with Crippen molar-refractivity contribution in [2.24, 2.45) is 0 Å². The predicted octanol–water partition coefficient (Wildman–Crippen LogP) is 5.53. The highest BCUT2D eigenvalue weighted by Crippen LogP contribution is 2.26. The van der Waals surface area contributed by atoms with Crippen LogP contribution in [0.3, 0.4) is 0 Å². The Bertz CT molecular complexity index is 1130. The van der Waals surface area contributed by atoms with E-state index in [0.29, 0.717) is 12.6 Å². The number of rotatable bonds is 5. The molecule has 2 aromatic carbocycles. The zero-order chi connectivity index (χ0) is 22.0. The number of benzene rings is 2. The highest BCUT2D eigenvalue weighted by atomic mass is 32.1. The molecule has 1 aliphatic rings. The topological polar surface area (TPSA) is 48.1 Å². The van der Waals surface area contributed by atoms with E-state index in [-0.39, 0.29) is 11.6 Å². The number of aromatic amines is 1. The average Bonchev–Trinajstić information content (AvgIpc) is 3.28. The molecule has 0 bridgehead atoms. The molecule has 1 heterocycles. The zero-order valence-corrected chi connectivity index (χ0v) is 19.4. The Morgan fingerprint density at radius 2 is 1.81 bits per heavy atom. The summed E-state index contributed by atoms with van der Waals surface area (Å²) in [7, 11) is 0. The second-order valence-electron chi connectivity index (χ2n) is 8.80. The molecule has 162 valence electrons. The molecule has 31 heavy (non-hydrogen) atoms. The van der Waals surface area contributed by atoms with Gasteiger partial charge in [-0.15, -0.1) is 0 Å². The van der Waals surface area contributed by atoms with Crippen LogP contribution in [0, 0.1) is 13.8 Å². The first-order valence-corrected chi connectivity index (χ1v) is 11.6. The minimum Gasteiger partial charge on any atom is -0.356 e. The van der Waals surface area contributed by atoms with E-state index in [1.54, 1.807) is 0 Å². The summed E-state index contributed by atoms with van der Waals surface area (Å²) >= 11 is 5.87. The molecule has 0 saturated heterocycles. The fraction of sp³-hybridized carbons (Fsp3) is 0.385. The second-order valence-corrected chi connectivity index (χ2v) is 9.18. The molecule has 1 atom stereocenters. The lowest BCUT2D eigenvalue weighted by molar-refractivity contribution is 0.300. The summed E-state index contributed by atoms with van der Waals surface area (Å²) in [5, 5.41) is 5.31. The molecule has 0 amide bonds. The monoisotopic (exact) mass is 433 g/mol. The van der Waals surface area contributed by atoms with Gasteiger partial charge in [0.2, 0.25) is 0 Å². The molecule has 3 aromatic rings. The number of aryl methyl sites for hydroxylation is 2. The standard InChI is InChI=1S/C26H31N3OS/c1-17-13-21-15-22(25(30)28-24(21)14-18(17)2)16-29(23-11-7-8-12-23)26(31)27-19(3)20-9-5-4-6-10-20/h4-6,9-10,13-15,19,23H,7-8,11-12,16H2,1-3H3,(H,27,31)(H,28,30). The Kier molecular flexibility index (Phi) is 6.42. The number of aromatic nitrogens is 1. The van der Waals surface area contributed by atoms with Crippen LogP contribution in [0.5, 0.6) is 0 Å².